The molecule has 158 valence electrons. The maximum atomic E-state index is 13.9. The molecular weight excluding hydrogens is 404 g/mol. The molecule has 5 heteroatoms. The molecule has 0 radical (unpaired) electrons. The standard InChI is InChI=1S/C26H26N2O2S/c1-18-14-19(2)16-20(15-18)26(24(29)22-7-3-4-8-23(22)25(26)30)28-11-9-27(10-12-28)17-21-6-5-13-31-21/h3-8,13-16H,9-12,17H2,1-2H3. The van der Waals surface area contributed by atoms with E-state index in [2.05, 4.69) is 33.4 Å². The monoisotopic (exact) mass is 430 g/mol. The summed E-state index contributed by atoms with van der Waals surface area (Å²) in [6, 6.07) is 17.7. The maximum Gasteiger partial charge on any atom is 0.196 e. The second kappa shape index (κ2) is 7.83. The van der Waals surface area contributed by atoms with Crippen molar-refractivity contribution in [1.29, 1.82) is 0 Å². The van der Waals surface area contributed by atoms with E-state index in [0.717, 1.165) is 36.3 Å². The van der Waals surface area contributed by atoms with E-state index in [1.54, 1.807) is 23.5 Å². The lowest BCUT2D eigenvalue weighted by Crippen LogP contribution is -2.60. The van der Waals surface area contributed by atoms with Crippen molar-refractivity contribution >= 4 is 22.9 Å². The van der Waals surface area contributed by atoms with E-state index in [1.807, 2.05) is 38.1 Å². The molecule has 1 aromatic heterocycles. The van der Waals surface area contributed by atoms with Crippen LogP contribution >= 0.6 is 11.3 Å². The molecule has 2 heterocycles. The summed E-state index contributed by atoms with van der Waals surface area (Å²) in [5.74, 6) is -0.158. The largest absolute Gasteiger partial charge is 0.296 e. The van der Waals surface area contributed by atoms with Gasteiger partial charge in [-0.3, -0.25) is 19.4 Å². The number of rotatable bonds is 4. The molecule has 1 saturated heterocycles. The van der Waals surface area contributed by atoms with Gasteiger partial charge in [0.1, 0.15) is 0 Å². The van der Waals surface area contributed by atoms with Crippen LogP contribution in [0.1, 0.15) is 42.3 Å². The van der Waals surface area contributed by atoms with Crippen molar-refractivity contribution in [2.45, 2.75) is 25.9 Å². The SMILES string of the molecule is Cc1cc(C)cc(C2(N3CCN(Cc4cccs4)CC3)C(=O)c3ccccc3C2=O)c1. The average molecular weight is 431 g/mol. The highest BCUT2D eigenvalue weighted by Crippen LogP contribution is 2.43. The fourth-order valence-corrected chi connectivity index (χ4v) is 5.90. The van der Waals surface area contributed by atoms with Crippen molar-refractivity contribution in [3.63, 3.8) is 0 Å². The Morgan fingerprint density at radius 2 is 1.45 bits per heavy atom. The maximum absolute atomic E-state index is 13.9. The molecule has 0 N–H and O–H groups in total. The Labute approximate surface area is 187 Å². The van der Waals surface area contributed by atoms with Gasteiger partial charge in [0.2, 0.25) is 0 Å². The first-order valence-electron chi connectivity index (χ1n) is 10.8. The van der Waals surface area contributed by atoms with Crippen molar-refractivity contribution in [2.24, 2.45) is 0 Å². The van der Waals surface area contributed by atoms with Gasteiger partial charge in [-0.2, -0.15) is 0 Å². The van der Waals surface area contributed by atoms with Crippen LogP contribution in [0.3, 0.4) is 0 Å². The Bertz CT molecular complexity index is 1090. The molecule has 2 aliphatic rings. The van der Waals surface area contributed by atoms with Gasteiger partial charge < -0.3 is 0 Å². The summed E-state index contributed by atoms with van der Waals surface area (Å²) in [6.45, 7) is 8.01. The summed E-state index contributed by atoms with van der Waals surface area (Å²) in [7, 11) is 0. The van der Waals surface area contributed by atoms with Crippen LogP contribution < -0.4 is 0 Å². The van der Waals surface area contributed by atoms with Gasteiger partial charge in [-0.05, 0) is 30.9 Å². The van der Waals surface area contributed by atoms with Crippen LogP contribution in [0.25, 0.3) is 0 Å². The summed E-state index contributed by atoms with van der Waals surface area (Å²) < 4.78 is 0. The van der Waals surface area contributed by atoms with Crippen LogP contribution in [-0.2, 0) is 12.1 Å². The Morgan fingerprint density at radius 1 is 0.839 bits per heavy atom. The average Bonchev–Trinajstić information content (AvgIpc) is 3.34. The van der Waals surface area contributed by atoms with Crippen LogP contribution in [0, 0.1) is 13.8 Å². The van der Waals surface area contributed by atoms with E-state index in [1.165, 1.54) is 4.88 Å². The van der Waals surface area contributed by atoms with Crippen molar-refractivity contribution in [3.05, 3.63) is 92.7 Å². The quantitative estimate of drug-likeness (QED) is 0.573. The van der Waals surface area contributed by atoms with E-state index in [0.29, 0.717) is 24.2 Å². The minimum atomic E-state index is -1.25. The summed E-state index contributed by atoms with van der Waals surface area (Å²) in [5.41, 5.74) is 2.79. The number of hydrogen-bond donors (Lipinski definition) is 0. The second-order valence-electron chi connectivity index (χ2n) is 8.63. The minimum absolute atomic E-state index is 0.0789. The molecular formula is C26H26N2O2S. The van der Waals surface area contributed by atoms with Gasteiger partial charge in [0, 0.05) is 48.7 Å². The van der Waals surface area contributed by atoms with E-state index < -0.39 is 5.54 Å². The highest BCUT2D eigenvalue weighted by molar-refractivity contribution is 7.09. The van der Waals surface area contributed by atoms with E-state index >= 15 is 0 Å². The topological polar surface area (TPSA) is 40.6 Å². The molecule has 4 nitrogen and oxygen atoms in total. The van der Waals surface area contributed by atoms with Crippen LogP contribution in [0.5, 0.6) is 0 Å². The number of carbonyl (C=O) groups excluding carboxylic acids is 2. The zero-order valence-electron chi connectivity index (χ0n) is 17.9. The molecule has 0 saturated carbocycles. The zero-order valence-corrected chi connectivity index (χ0v) is 18.7. The van der Waals surface area contributed by atoms with Gasteiger partial charge in [0.25, 0.3) is 0 Å². The highest BCUT2D eigenvalue weighted by Gasteiger charge is 2.58. The lowest BCUT2D eigenvalue weighted by molar-refractivity contribution is 0.0280. The number of nitrogens with zero attached hydrogens (tertiary/aromatic N) is 2. The smallest absolute Gasteiger partial charge is 0.196 e. The third-order valence-electron chi connectivity index (χ3n) is 6.52. The molecule has 31 heavy (non-hydrogen) atoms. The van der Waals surface area contributed by atoms with E-state index in [-0.39, 0.29) is 11.6 Å². The van der Waals surface area contributed by atoms with Crippen molar-refractivity contribution in [2.75, 3.05) is 26.2 Å². The molecule has 0 amide bonds. The number of Topliss-reactive ketones (excluding diaryl/α,β-unsaturated/α-hetero) is 2. The molecule has 2 aromatic carbocycles. The van der Waals surface area contributed by atoms with Crippen LogP contribution in [0.2, 0.25) is 0 Å². The highest BCUT2D eigenvalue weighted by atomic mass is 32.1. The first-order valence-corrected chi connectivity index (χ1v) is 11.7. The van der Waals surface area contributed by atoms with Gasteiger partial charge in [-0.15, -0.1) is 11.3 Å². The third kappa shape index (κ3) is 3.28. The fraction of sp³-hybridized carbons (Fsp3) is 0.308. The molecule has 0 atom stereocenters. The Kier molecular flexibility index (Phi) is 5.13. The Hall–Kier alpha value is -2.60. The molecule has 0 spiro atoms. The number of piperazine rings is 1. The molecule has 3 aromatic rings. The molecule has 0 bridgehead atoms. The zero-order chi connectivity index (χ0) is 21.6. The van der Waals surface area contributed by atoms with E-state index in [9.17, 15) is 9.59 Å². The number of fused-ring (bicyclic) bond motifs is 1. The summed E-state index contributed by atoms with van der Waals surface area (Å²) >= 11 is 1.77. The predicted octanol–water partition coefficient (Wildman–Crippen LogP) is 4.46. The summed E-state index contributed by atoms with van der Waals surface area (Å²) in [5, 5.41) is 2.10. The molecule has 1 aliphatic heterocycles. The number of carbonyl (C=O) groups is 2. The first kappa shape index (κ1) is 20.3. The molecule has 1 fully saturated rings. The molecule has 5 rings (SSSR count). The second-order valence-corrected chi connectivity index (χ2v) is 9.67. The van der Waals surface area contributed by atoms with Gasteiger partial charge in [0.15, 0.2) is 17.1 Å². The number of aryl methyl sites for hydroxylation is 2. The number of ketones is 2. The van der Waals surface area contributed by atoms with Gasteiger partial charge in [-0.25, -0.2) is 0 Å². The molecule has 0 unspecified atom stereocenters. The van der Waals surface area contributed by atoms with Gasteiger partial charge in [0.05, 0.1) is 0 Å². The third-order valence-corrected chi connectivity index (χ3v) is 7.38. The number of hydrogen-bond acceptors (Lipinski definition) is 5. The van der Waals surface area contributed by atoms with E-state index in [4.69, 9.17) is 0 Å². The minimum Gasteiger partial charge on any atom is -0.296 e. The number of thiophene rings is 1. The van der Waals surface area contributed by atoms with Gasteiger partial charge in [-0.1, -0.05) is 59.7 Å². The lowest BCUT2D eigenvalue weighted by Gasteiger charge is -2.44. The Balaban J connectivity index is 1.54. The summed E-state index contributed by atoms with van der Waals surface area (Å²) in [6.07, 6.45) is 0. The normalized spacial score (nSPS) is 19.0. The number of benzene rings is 2. The van der Waals surface area contributed by atoms with Gasteiger partial charge >= 0.3 is 0 Å². The van der Waals surface area contributed by atoms with Crippen LogP contribution in [0.4, 0.5) is 0 Å². The first-order chi connectivity index (χ1) is 15.0. The van der Waals surface area contributed by atoms with Crippen molar-refractivity contribution < 1.29 is 9.59 Å². The lowest BCUT2D eigenvalue weighted by atomic mass is 9.81. The van der Waals surface area contributed by atoms with Crippen molar-refractivity contribution in [3.8, 4) is 0 Å². The predicted molar refractivity (Wildman–Crippen MR) is 124 cm³/mol. The molecule has 1 aliphatic carbocycles. The fourth-order valence-electron chi connectivity index (χ4n) is 5.15. The van der Waals surface area contributed by atoms with Crippen LogP contribution in [0.15, 0.2) is 60.0 Å². The summed E-state index contributed by atoms with van der Waals surface area (Å²) in [4.78, 5) is 33.7. The Morgan fingerprint density at radius 3 is 2.00 bits per heavy atom. The van der Waals surface area contributed by atoms with Crippen molar-refractivity contribution in [1.82, 2.24) is 9.80 Å². The van der Waals surface area contributed by atoms with Crippen LogP contribution in [-0.4, -0.2) is 47.5 Å².